The van der Waals surface area contributed by atoms with E-state index in [1.807, 2.05) is 19.9 Å². The van der Waals surface area contributed by atoms with Crippen LogP contribution in [-0.2, 0) is 9.59 Å². The summed E-state index contributed by atoms with van der Waals surface area (Å²) in [6.45, 7) is 3.77. The molecule has 6 nitrogen and oxygen atoms in total. The van der Waals surface area contributed by atoms with Crippen LogP contribution in [-0.4, -0.2) is 26.8 Å². The average Bonchev–Trinajstić information content (AvgIpc) is 3.33. The van der Waals surface area contributed by atoms with Crippen LogP contribution in [0, 0.1) is 13.8 Å². The van der Waals surface area contributed by atoms with Crippen molar-refractivity contribution in [1.29, 1.82) is 0 Å². The predicted octanol–water partition coefficient (Wildman–Crippen LogP) is 6.35. The van der Waals surface area contributed by atoms with E-state index in [4.69, 9.17) is 11.6 Å². The van der Waals surface area contributed by atoms with E-state index in [1.54, 1.807) is 48.7 Å². The monoisotopic (exact) mass is 553 g/mol. The van der Waals surface area contributed by atoms with Gasteiger partial charge >= 0.3 is 5.91 Å². The second-order valence-corrected chi connectivity index (χ2v) is 10.2. The highest BCUT2D eigenvalue weighted by molar-refractivity contribution is 9.10. The number of fused-ring (bicyclic) bond motifs is 1. The van der Waals surface area contributed by atoms with Crippen LogP contribution in [0.15, 0.2) is 64.8 Å². The molecular formula is C25H17BrClN3O3S. The molecule has 170 valence electrons. The zero-order valence-corrected chi connectivity index (χ0v) is 21.2. The summed E-state index contributed by atoms with van der Waals surface area (Å²) < 4.78 is 1.70. The quantitative estimate of drug-likeness (QED) is 0.181. The van der Waals surface area contributed by atoms with E-state index in [2.05, 4.69) is 25.9 Å². The van der Waals surface area contributed by atoms with Crippen molar-refractivity contribution in [3.05, 3.63) is 92.2 Å². The molecule has 1 fully saturated rings. The molecule has 1 amide bonds. The van der Waals surface area contributed by atoms with Crippen LogP contribution in [0.1, 0.15) is 28.4 Å². The number of aliphatic hydroxyl groups is 1. The molecule has 3 heterocycles. The molecule has 4 aromatic rings. The van der Waals surface area contributed by atoms with Gasteiger partial charge in [0.1, 0.15) is 11.8 Å². The SMILES string of the molecule is Cc1cc2sc(N3C(=O)C(=O)/C(=C(/O)c4ccc(Br)c(C)c4)C3c3ccccn3)nc2cc1Cl. The van der Waals surface area contributed by atoms with Gasteiger partial charge in [-0.15, -0.1) is 0 Å². The van der Waals surface area contributed by atoms with Crippen molar-refractivity contribution in [2.45, 2.75) is 19.9 Å². The van der Waals surface area contributed by atoms with Crippen LogP contribution in [0.2, 0.25) is 5.02 Å². The number of nitrogens with zero attached hydrogens (tertiary/aromatic N) is 3. The Bertz CT molecular complexity index is 1480. The summed E-state index contributed by atoms with van der Waals surface area (Å²) >= 11 is 11.0. The van der Waals surface area contributed by atoms with Crippen LogP contribution in [0.3, 0.4) is 0 Å². The van der Waals surface area contributed by atoms with Gasteiger partial charge in [0.15, 0.2) is 5.13 Å². The van der Waals surface area contributed by atoms with Gasteiger partial charge in [0, 0.05) is 21.3 Å². The predicted molar refractivity (Wildman–Crippen MR) is 137 cm³/mol. The first-order chi connectivity index (χ1) is 16.3. The number of aromatic nitrogens is 2. The zero-order chi connectivity index (χ0) is 24.1. The highest BCUT2D eigenvalue weighted by atomic mass is 79.9. The number of halogens is 2. The highest BCUT2D eigenvalue weighted by Crippen LogP contribution is 2.44. The Hall–Kier alpha value is -3.07. The minimum absolute atomic E-state index is 0.0288. The summed E-state index contributed by atoms with van der Waals surface area (Å²) in [5.74, 6) is -1.82. The van der Waals surface area contributed by atoms with Gasteiger partial charge in [0.05, 0.1) is 21.5 Å². The Labute approximate surface area is 212 Å². The number of amides is 1. The number of ketones is 1. The molecule has 0 saturated carbocycles. The van der Waals surface area contributed by atoms with Crippen LogP contribution in [0.4, 0.5) is 5.13 Å². The maximum Gasteiger partial charge on any atom is 0.301 e. The molecule has 2 aromatic heterocycles. The molecule has 1 aliphatic heterocycles. The minimum Gasteiger partial charge on any atom is -0.507 e. The van der Waals surface area contributed by atoms with E-state index in [0.29, 0.717) is 26.9 Å². The van der Waals surface area contributed by atoms with Gasteiger partial charge < -0.3 is 5.11 Å². The first kappa shape index (κ1) is 22.7. The van der Waals surface area contributed by atoms with Crippen molar-refractivity contribution in [2.24, 2.45) is 0 Å². The third-order valence-electron chi connectivity index (χ3n) is 5.71. The molecule has 1 atom stereocenters. The lowest BCUT2D eigenvalue weighted by Crippen LogP contribution is -2.29. The molecule has 9 heteroatoms. The fraction of sp³-hybridized carbons (Fsp3) is 0.120. The summed E-state index contributed by atoms with van der Waals surface area (Å²) in [6.07, 6.45) is 1.58. The number of benzene rings is 2. The van der Waals surface area contributed by atoms with E-state index < -0.39 is 17.7 Å². The maximum absolute atomic E-state index is 13.3. The van der Waals surface area contributed by atoms with Crippen LogP contribution in [0.25, 0.3) is 16.0 Å². The first-order valence-electron chi connectivity index (χ1n) is 10.3. The molecule has 5 rings (SSSR count). The molecule has 34 heavy (non-hydrogen) atoms. The number of carbonyl (C=O) groups is 2. The Morgan fingerprint density at radius 2 is 1.91 bits per heavy atom. The highest BCUT2D eigenvalue weighted by Gasteiger charge is 2.48. The largest absolute Gasteiger partial charge is 0.507 e. The molecule has 1 aliphatic rings. The zero-order valence-electron chi connectivity index (χ0n) is 18.0. The number of pyridine rings is 1. The van der Waals surface area contributed by atoms with Crippen molar-refractivity contribution in [3.63, 3.8) is 0 Å². The third kappa shape index (κ3) is 3.72. The summed E-state index contributed by atoms with van der Waals surface area (Å²) in [6, 6.07) is 13.2. The Balaban J connectivity index is 1.73. The van der Waals surface area contributed by atoms with Crippen LogP contribution >= 0.6 is 38.9 Å². The molecule has 0 bridgehead atoms. The summed E-state index contributed by atoms with van der Waals surface area (Å²) in [4.78, 5) is 36.9. The molecule has 0 radical (unpaired) electrons. The first-order valence-corrected chi connectivity index (χ1v) is 12.3. The van der Waals surface area contributed by atoms with Gasteiger partial charge in [-0.25, -0.2) is 4.98 Å². The molecular weight excluding hydrogens is 538 g/mol. The summed E-state index contributed by atoms with van der Waals surface area (Å²) in [5, 5.41) is 12.1. The number of hydrogen-bond donors (Lipinski definition) is 1. The van der Waals surface area contributed by atoms with Gasteiger partial charge in [0.25, 0.3) is 5.78 Å². The van der Waals surface area contributed by atoms with Crippen molar-refractivity contribution in [2.75, 3.05) is 4.90 Å². The number of rotatable bonds is 3. The lowest BCUT2D eigenvalue weighted by Gasteiger charge is -2.22. The maximum atomic E-state index is 13.3. The third-order valence-corrected chi connectivity index (χ3v) is 8.02. The van der Waals surface area contributed by atoms with E-state index in [9.17, 15) is 14.7 Å². The number of anilines is 1. The van der Waals surface area contributed by atoms with E-state index in [1.165, 1.54) is 16.2 Å². The molecule has 1 N–H and O–H groups in total. The minimum atomic E-state index is -0.928. The molecule has 1 saturated heterocycles. The van der Waals surface area contributed by atoms with Gasteiger partial charge in [-0.05, 0) is 61.4 Å². The average molecular weight is 555 g/mol. The standard InChI is InChI=1S/C25H17BrClN3O3S/c1-12-9-14(6-7-15(12)26)22(31)20-21(17-5-3-4-8-28-17)30(24(33)23(20)32)25-29-18-11-16(27)13(2)10-19(18)34-25/h3-11,21,31H,1-2H3/b22-20+. The number of aryl methyl sites for hydroxylation is 2. The smallest absolute Gasteiger partial charge is 0.301 e. The number of thiazole rings is 1. The van der Waals surface area contributed by atoms with Crippen molar-refractivity contribution in [1.82, 2.24) is 9.97 Å². The van der Waals surface area contributed by atoms with Crippen LogP contribution < -0.4 is 4.90 Å². The van der Waals surface area contributed by atoms with E-state index in [0.717, 1.165) is 20.3 Å². The van der Waals surface area contributed by atoms with Gasteiger partial charge in [-0.3, -0.25) is 19.5 Å². The lowest BCUT2D eigenvalue weighted by molar-refractivity contribution is -0.132. The topological polar surface area (TPSA) is 83.4 Å². The van der Waals surface area contributed by atoms with Crippen molar-refractivity contribution in [3.8, 4) is 0 Å². The molecule has 1 unspecified atom stereocenters. The van der Waals surface area contributed by atoms with E-state index >= 15 is 0 Å². The van der Waals surface area contributed by atoms with Crippen LogP contribution in [0.5, 0.6) is 0 Å². The molecule has 0 spiro atoms. The fourth-order valence-corrected chi connectivity index (χ4v) is 5.41. The van der Waals surface area contributed by atoms with Crippen molar-refractivity contribution >= 4 is 71.7 Å². The lowest BCUT2D eigenvalue weighted by atomic mass is 9.98. The molecule has 2 aromatic carbocycles. The Morgan fingerprint density at radius 3 is 2.62 bits per heavy atom. The summed E-state index contributed by atoms with van der Waals surface area (Å²) in [5.41, 5.74) is 3.25. The molecule has 0 aliphatic carbocycles. The number of aliphatic hydroxyl groups excluding tert-OH is 1. The van der Waals surface area contributed by atoms with Gasteiger partial charge in [-0.2, -0.15) is 0 Å². The van der Waals surface area contributed by atoms with E-state index in [-0.39, 0.29) is 11.3 Å². The second-order valence-electron chi connectivity index (χ2n) is 7.95. The Kier molecular flexibility index (Phi) is 5.75. The Morgan fingerprint density at radius 1 is 1.12 bits per heavy atom. The van der Waals surface area contributed by atoms with Gasteiger partial charge in [0.2, 0.25) is 0 Å². The number of Topliss-reactive ketones (excluding diaryl/α,β-unsaturated/α-hetero) is 1. The van der Waals surface area contributed by atoms with Gasteiger partial charge in [-0.1, -0.05) is 51.0 Å². The normalized spacial score (nSPS) is 17.6. The number of carbonyl (C=O) groups excluding carboxylic acids is 2. The summed E-state index contributed by atoms with van der Waals surface area (Å²) in [7, 11) is 0. The second kappa shape index (κ2) is 8.61. The fourth-order valence-electron chi connectivity index (χ4n) is 3.94. The number of hydrogen-bond acceptors (Lipinski definition) is 6. The van der Waals surface area contributed by atoms with Crippen molar-refractivity contribution < 1.29 is 14.7 Å².